The third-order valence-corrected chi connectivity index (χ3v) is 3.79. The van der Waals surface area contributed by atoms with Crippen LogP contribution < -0.4 is 5.32 Å². The first-order chi connectivity index (χ1) is 9.99. The lowest BCUT2D eigenvalue weighted by Gasteiger charge is -2.33. The second-order valence-electron chi connectivity index (χ2n) is 6.01. The van der Waals surface area contributed by atoms with Crippen LogP contribution in [-0.2, 0) is 9.53 Å². The van der Waals surface area contributed by atoms with Gasteiger partial charge in [0.15, 0.2) is 0 Å². The average molecular weight is 300 g/mol. The summed E-state index contributed by atoms with van der Waals surface area (Å²) >= 11 is 0. The van der Waals surface area contributed by atoms with Crippen molar-refractivity contribution in [3.05, 3.63) is 0 Å². The van der Waals surface area contributed by atoms with Gasteiger partial charge >= 0.3 is 5.97 Å². The minimum atomic E-state index is -0.182. The lowest BCUT2D eigenvalue weighted by atomic mass is 10.1. The summed E-state index contributed by atoms with van der Waals surface area (Å²) in [6.07, 6.45) is 3.14. The van der Waals surface area contributed by atoms with Crippen molar-refractivity contribution >= 4 is 5.97 Å². The highest BCUT2D eigenvalue weighted by atomic mass is 16.5. The van der Waals surface area contributed by atoms with Crippen LogP contribution >= 0.6 is 0 Å². The zero-order valence-electron chi connectivity index (χ0n) is 14.9. The molecule has 0 aromatic rings. The van der Waals surface area contributed by atoms with Gasteiger partial charge in [0, 0.05) is 19.1 Å². The molecule has 126 valence electrons. The monoisotopic (exact) mass is 300 g/mol. The van der Waals surface area contributed by atoms with E-state index in [0.717, 1.165) is 38.9 Å². The molecule has 0 radical (unpaired) electrons. The van der Waals surface area contributed by atoms with Gasteiger partial charge in [0.25, 0.3) is 0 Å². The van der Waals surface area contributed by atoms with Crippen LogP contribution in [0, 0.1) is 5.92 Å². The first-order valence-electron chi connectivity index (χ1n) is 8.63. The number of rotatable bonds is 12. The van der Waals surface area contributed by atoms with Crippen LogP contribution in [0.5, 0.6) is 0 Å². The lowest BCUT2D eigenvalue weighted by molar-refractivity contribution is -0.146. The maximum absolute atomic E-state index is 12.0. The topological polar surface area (TPSA) is 41.6 Å². The molecule has 0 spiro atoms. The first kappa shape index (κ1) is 20.4. The molecule has 0 aliphatic carbocycles. The fourth-order valence-electron chi connectivity index (χ4n) is 2.78. The zero-order chi connectivity index (χ0) is 16.3. The Morgan fingerprint density at radius 2 is 1.76 bits per heavy atom. The summed E-state index contributed by atoms with van der Waals surface area (Å²) in [6.45, 7) is 16.2. The molecule has 0 rings (SSSR count). The largest absolute Gasteiger partial charge is 0.465 e. The molecule has 1 atom stereocenters. The standard InChI is InChI=1S/C17H36N2O2/c1-7-15(8-2)19(13-14(5)6)12-11-16(18-9-3)17(20)21-10-4/h14-16,18H,7-13H2,1-6H3. The predicted octanol–water partition coefficient (Wildman–Crippen LogP) is 3.06. The summed E-state index contributed by atoms with van der Waals surface area (Å²) in [7, 11) is 0. The molecule has 4 nitrogen and oxygen atoms in total. The van der Waals surface area contributed by atoms with Crippen molar-refractivity contribution in [1.29, 1.82) is 0 Å². The van der Waals surface area contributed by atoms with Gasteiger partial charge in [-0.3, -0.25) is 4.79 Å². The number of hydrogen-bond donors (Lipinski definition) is 1. The molecule has 21 heavy (non-hydrogen) atoms. The van der Waals surface area contributed by atoms with Crippen LogP contribution in [-0.4, -0.2) is 49.2 Å². The maximum Gasteiger partial charge on any atom is 0.323 e. The summed E-state index contributed by atoms with van der Waals surface area (Å²) in [4.78, 5) is 14.5. The van der Waals surface area contributed by atoms with E-state index in [2.05, 4.69) is 37.9 Å². The predicted molar refractivity (Wildman–Crippen MR) is 89.5 cm³/mol. The van der Waals surface area contributed by atoms with Crippen LogP contribution in [0.3, 0.4) is 0 Å². The first-order valence-corrected chi connectivity index (χ1v) is 8.63. The van der Waals surface area contributed by atoms with Gasteiger partial charge in [-0.05, 0) is 38.6 Å². The fraction of sp³-hybridized carbons (Fsp3) is 0.941. The molecule has 0 aliphatic rings. The fourth-order valence-corrected chi connectivity index (χ4v) is 2.78. The quantitative estimate of drug-likeness (QED) is 0.562. The maximum atomic E-state index is 12.0. The average Bonchev–Trinajstić information content (AvgIpc) is 2.43. The molecule has 0 saturated heterocycles. The highest BCUT2D eigenvalue weighted by Gasteiger charge is 2.22. The van der Waals surface area contributed by atoms with Crippen LogP contribution in [0.15, 0.2) is 0 Å². The third kappa shape index (κ3) is 8.42. The van der Waals surface area contributed by atoms with Crippen LogP contribution in [0.25, 0.3) is 0 Å². The van der Waals surface area contributed by atoms with E-state index in [1.54, 1.807) is 0 Å². The molecule has 4 heteroatoms. The van der Waals surface area contributed by atoms with E-state index in [4.69, 9.17) is 4.74 Å². The van der Waals surface area contributed by atoms with Gasteiger partial charge < -0.3 is 15.0 Å². The van der Waals surface area contributed by atoms with E-state index >= 15 is 0 Å². The van der Waals surface area contributed by atoms with Crippen LogP contribution in [0.4, 0.5) is 0 Å². The summed E-state index contributed by atoms with van der Waals surface area (Å²) < 4.78 is 5.16. The Labute approximate surface area is 131 Å². The minimum Gasteiger partial charge on any atom is -0.465 e. The Hall–Kier alpha value is -0.610. The van der Waals surface area contributed by atoms with E-state index in [0.29, 0.717) is 18.6 Å². The number of hydrogen-bond acceptors (Lipinski definition) is 4. The normalized spacial score (nSPS) is 13.2. The van der Waals surface area contributed by atoms with E-state index < -0.39 is 0 Å². The SMILES string of the molecule is CCNC(CCN(CC(C)C)C(CC)CC)C(=O)OCC. The van der Waals surface area contributed by atoms with Crippen molar-refractivity contribution in [3.63, 3.8) is 0 Å². The molecule has 0 heterocycles. The van der Waals surface area contributed by atoms with Crippen LogP contribution in [0.2, 0.25) is 0 Å². The number of carbonyl (C=O) groups is 1. The highest BCUT2D eigenvalue weighted by Crippen LogP contribution is 2.13. The van der Waals surface area contributed by atoms with Crippen molar-refractivity contribution < 1.29 is 9.53 Å². The van der Waals surface area contributed by atoms with Crippen molar-refractivity contribution in [2.24, 2.45) is 5.92 Å². The van der Waals surface area contributed by atoms with Gasteiger partial charge in [-0.15, -0.1) is 0 Å². The number of ether oxygens (including phenoxy) is 1. The number of likely N-dealkylation sites (N-methyl/N-ethyl adjacent to an activating group) is 1. The number of esters is 1. The minimum absolute atomic E-state index is 0.117. The second kappa shape index (κ2) is 12.0. The molecule has 1 N–H and O–H groups in total. The Balaban J connectivity index is 4.61. The molecule has 0 aromatic heterocycles. The molecular formula is C17H36N2O2. The summed E-state index contributed by atoms with van der Waals surface area (Å²) in [5, 5.41) is 3.25. The third-order valence-electron chi connectivity index (χ3n) is 3.79. The Morgan fingerprint density at radius 3 is 2.19 bits per heavy atom. The molecule has 0 aliphatic heterocycles. The molecule has 0 fully saturated rings. The smallest absolute Gasteiger partial charge is 0.323 e. The molecular weight excluding hydrogens is 264 g/mol. The Morgan fingerprint density at radius 1 is 1.14 bits per heavy atom. The van der Waals surface area contributed by atoms with E-state index in [1.807, 2.05) is 13.8 Å². The van der Waals surface area contributed by atoms with Crippen molar-refractivity contribution in [2.45, 2.75) is 72.9 Å². The van der Waals surface area contributed by atoms with E-state index in [9.17, 15) is 4.79 Å². The summed E-state index contributed by atoms with van der Waals surface area (Å²) in [5.41, 5.74) is 0. The molecule has 0 saturated carbocycles. The number of carbonyl (C=O) groups excluding carboxylic acids is 1. The molecule has 0 bridgehead atoms. The van der Waals surface area contributed by atoms with Gasteiger partial charge in [-0.25, -0.2) is 0 Å². The van der Waals surface area contributed by atoms with E-state index in [1.165, 1.54) is 0 Å². The highest BCUT2D eigenvalue weighted by molar-refractivity contribution is 5.75. The zero-order valence-corrected chi connectivity index (χ0v) is 14.9. The number of nitrogens with one attached hydrogen (secondary N) is 1. The summed E-state index contributed by atoms with van der Waals surface area (Å²) in [5.74, 6) is 0.527. The van der Waals surface area contributed by atoms with Gasteiger partial charge in [-0.2, -0.15) is 0 Å². The van der Waals surface area contributed by atoms with Gasteiger partial charge in [0.1, 0.15) is 6.04 Å². The van der Waals surface area contributed by atoms with Gasteiger partial charge in [0.2, 0.25) is 0 Å². The van der Waals surface area contributed by atoms with E-state index in [-0.39, 0.29) is 12.0 Å². The molecule has 0 amide bonds. The second-order valence-corrected chi connectivity index (χ2v) is 6.01. The van der Waals surface area contributed by atoms with Gasteiger partial charge in [-0.1, -0.05) is 34.6 Å². The Kier molecular flexibility index (Phi) is 11.6. The Bertz CT molecular complexity index is 266. The lowest BCUT2D eigenvalue weighted by Crippen LogP contribution is -2.44. The molecule has 1 unspecified atom stereocenters. The molecule has 0 aromatic carbocycles. The summed E-state index contributed by atoms with van der Waals surface area (Å²) in [6, 6.07) is 0.427. The van der Waals surface area contributed by atoms with Crippen LogP contribution in [0.1, 0.15) is 60.8 Å². The van der Waals surface area contributed by atoms with Crippen molar-refractivity contribution in [2.75, 3.05) is 26.2 Å². The van der Waals surface area contributed by atoms with Crippen molar-refractivity contribution in [1.82, 2.24) is 10.2 Å². The van der Waals surface area contributed by atoms with Gasteiger partial charge in [0.05, 0.1) is 6.61 Å². The number of nitrogens with zero attached hydrogens (tertiary/aromatic N) is 1. The van der Waals surface area contributed by atoms with Crippen molar-refractivity contribution in [3.8, 4) is 0 Å².